The number of carbonyl (C=O) groups is 1. The summed E-state index contributed by atoms with van der Waals surface area (Å²) in [5, 5.41) is 3.20. The quantitative estimate of drug-likeness (QED) is 0.808. The van der Waals surface area contributed by atoms with Crippen molar-refractivity contribution >= 4 is 5.78 Å². The van der Waals surface area contributed by atoms with E-state index in [0.29, 0.717) is 17.4 Å². The van der Waals surface area contributed by atoms with E-state index in [1.807, 2.05) is 0 Å². The van der Waals surface area contributed by atoms with Crippen molar-refractivity contribution < 1.29 is 22.4 Å². The molecule has 0 bridgehead atoms. The number of piperidine rings is 1. The van der Waals surface area contributed by atoms with Crippen LogP contribution in [0.3, 0.4) is 0 Å². The lowest BCUT2D eigenvalue weighted by Gasteiger charge is -2.12. The summed E-state index contributed by atoms with van der Waals surface area (Å²) in [5.41, 5.74) is 0.793. The lowest BCUT2D eigenvalue weighted by Crippen LogP contribution is -2.34. The Labute approximate surface area is 152 Å². The molecule has 0 radical (unpaired) electrons. The highest BCUT2D eigenvalue weighted by Crippen LogP contribution is 2.45. The average molecular weight is 380 g/mol. The van der Waals surface area contributed by atoms with Crippen molar-refractivity contribution in [1.82, 2.24) is 20.3 Å². The van der Waals surface area contributed by atoms with Crippen LogP contribution in [0, 0.1) is 17.7 Å². The first kappa shape index (κ1) is 18.0. The van der Waals surface area contributed by atoms with Crippen molar-refractivity contribution in [2.45, 2.75) is 31.5 Å². The number of nitrogens with zero attached hydrogens (tertiary/aromatic N) is 3. The molecule has 1 aliphatic carbocycles. The van der Waals surface area contributed by atoms with E-state index in [-0.39, 0.29) is 35.9 Å². The molecule has 1 unspecified atom stereocenters. The lowest BCUT2D eigenvalue weighted by molar-refractivity contribution is -0.145. The van der Waals surface area contributed by atoms with Crippen LogP contribution in [0.2, 0.25) is 0 Å². The minimum Gasteiger partial charge on any atom is -0.307 e. The van der Waals surface area contributed by atoms with Crippen LogP contribution < -0.4 is 5.32 Å². The Bertz CT molecular complexity index is 869. The van der Waals surface area contributed by atoms with E-state index in [1.54, 1.807) is 0 Å². The van der Waals surface area contributed by atoms with Crippen LogP contribution >= 0.6 is 0 Å². The highest BCUT2D eigenvalue weighted by atomic mass is 19.4. The first-order chi connectivity index (χ1) is 12.8. The van der Waals surface area contributed by atoms with Gasteiger partial charge in [-0.15, -0.1) is 0 Å². The molecule has 1 aliphatic heterocycles. The Morgan fingerprint density at radius 2 is 1.93 bits per heavy atom. The van der Waals surface area contributed by atoms with Gasteiger partial charge in [0.1, 0.15) is 11.6 Å². The number of hydrogen-bond acceptors (Lipinski definition) is 5. The zero-order chi connectivity index (χ0) is 19.2. The predicted molar refractivity (Wildman–Crippen MR) is 86.9 cm³/mol. The maximum Gasteiger partial charge on any atom is 0.451 e. The Kier molecular flexibility index (Phi) is 4.41. The molecule has 1 saturated carbocycles. The number of alkyl halides is 3. The number of ketones is 1. The number of pyridine rings is 1. The van der Waals surface area contributed by atoms with Crippen LogP contribution in [0.4, 0.5) is 17.6 Å². The summed E-state index contributed by atoms with van der Waals surface area (Å²) in [6, 6.07) is 1.29. The molecule has 2 fully saturated rings. The van der Waals surface area contributed by atoms with E-state index >= 15 is 0 Å². The van der Waals surface area contributed by atoms with E-state index in [2.05, 4.69) is 20.3 Å². The molecule has 5 nitrogen and oxygen atoms in total. The number of aromatic nitrogens is 3. The fraction of sp³-hybridized carbons (Fsp3) is 0.444. The van der Waals surface area contributed by atoms with Crippen molar-refractivity contribution in [3.05, 3.63) is 41.9 Å². The Balaban J connectivity index is 1.47. The van der Waals surface area contributed by atoms with Crippen LogP contribution in [0.5, 0.6) is 0 Å². The van der Waals surface area contributed by atoms with Crippen LogP contribution in [0.15, 0.2) is 24.7 Å². The lowest BCUT2D eigenvalue weighted by atomic mass is 10.0. The largest absolute Gasteiger partial charge is 0.451 e. The predicted octanol–water partition coefficient (Wildman–Crippen LogP) is 2.81. The smallest absolute Gasteiger partial charge is 0.307 e. The minimum absolute atomic E-state index is 0.0654. The van der Waals surface area contributed by atoms with Gasteiger partial charge in [-0.25, -0.2) is 14.4 Å². The molecular weight excluding hydrogens is 364 g/mol. The number of halogens is 4. The van der Waals surface area contributed by atoms with Gasteiger partial charge in [-0.05, 0) is 42.9 Å². The third kappa shape index (κ3) is 3.69. The summed E-state index contributed by atoms with van der Waals surface area (Å²) in [6.07, 6.45) is -0.152. The standard InChI is InChI=1S/C18H16F4N4O/c19-13-8-23-14(11-6-25-17(26-7-11)18(20,21)22)4-9(13)1-2-15(27)16-12-3-10(12)5-24-16/h4,6-8,10,12,16,24H,1-3,5H2/t10-,12-,16?/m0/s1. The van der Waals surface area contributed by atoms with Gasteiger partial charge in [0.15, 0.2) is 0 Å². The fourth-order valence-corrected chi connectivity index (χ4v) is 3.55. The summed E-state index contributed by atoms with van der Waals surface area (Å²) in [5.74, 6) is -0.720. The molecule has 1 saturated heterocycles. The maximum absolute atomic E-state index is 14.0. The number of Topliss-reactive ketones (excluding diaryl/α,β-unsaturated/α-hetero) is 1. The summed E-state index contributed by atoms with van der Waals surface area (Å²) < 4.78 is 51.7. The van der Waals surface area contributed by atoms with Gasteiger partial charge in [0.05, 0.1) is 17.9 Å². The zero-order valence-corrected chi connectivity index (χ0v) is 14.1. The molecule has 4 rings (SSSR count). The number of hydrogen-bond donors (Lipinski definition) is 1. The number of nitrogens with one attached hydrogen (secondary N) is 1. The first-order valence-electron chi connectivity index (χ1n) is 8.63. The second kappa shape index (κ2) is 6.63. The fourth-order valence-electron chi connectivity index (χ4n) is 3.55. The summed E-state index contributed by atoms with van der Waals surface area (Å²) >= 11 is 0. The van der Waals surface area contributed by atoms with Crippen molar-refractivity contribution in [1.29, 1.82) is 0 Å². The molecule has 2 aromatic heterocycles. The highest BCUT2D eigenvalue weighted by Gasteiger charge is 2.50. The Morgan fingerprint density at radius 3 is 2.52 bits per heavy atom. The molecule has 3 heterocycles. The zero-order valence-electron chi connectivity index (χ0n) is 14.1. The molecule has 2 aliphatic rings. The second-order valence-electron chi connectivity index (χ2n) is 6.97. The van der Waals surface area contributed by atoms with Crippen LogP contribution in [-0.2, 0) is 17.4 Å². The summed E-state index contributed by atoms with van der Waals surface area (Å²) in [4.78, 5) is 22.8. The molecule has 27 heavy (non-hydrogen) atoms. The average Bonchev–Trinajstić information content (AvgIpc) is 3.30. The van der Waals surface area contributed by atoms with Crippen molar-refractivity contribution in [3.63, 3.8) is 0 Å². The van der Waals surface area contributed by atoms with Crippen LogP contribution in [-0.4, -0.2) is 33.3 Å². The van der Waals surface area contributed by atoms with Gasteiger partial charge >= 0.3 is 6.18 Å². The Hall–Kier alpha value is -2.42. The SMILES string of the molecule is O=C(CCc1cc(-c2cnc(C(F)(F)F)nc2)ncc1F)C1NC[C@@H]2C[C@H]12. The summed E-state index contributed by atoms with van der Waals surface area (Å²) in [7, 11) is 0. The maximum atomic E-state index is 14.0. The van der Waals surface area contributed by atoms with Gasteiger partial charge in [0, 0.05) is 24.4 Å². The first-order valence-corrected chi connectivity index (χ1v) is 8.63. The van der Waals surface area contributed by atoms with Gasteiger partial charge < -0.3 is 5.32 Å². The number of carbonyl (C=O) groups excluding carboxylic acids is 1. The topological polar surface area (TPSA) is 67.8 Å². The van der Waals surface area contributed by atoms with Crippen molar-refractivity contribution in [3.8, 4) is 11.3 Å². The molecule has 3 atom stereocenters. The van der Waals surface area contributed by atoms with Crippen molar-refractivity contribution in [2.24, 2.45) is 11.8 Å². The third-order valence-corrected chi connectivity index (χ3v) is 5.13. The van der Waals surface area contributed by atoms with E-state index < -0.39 is 17.8 Å². The molecule has 142 valence electrons. The van der Waals surface area contributed by atoms with Crippen LogP contribution in [0.25, 0.3) is 11.3 Å². The van der Waals surface area contributed by atoms with Crippen LogP contribution in [0.1, 0.15) is 24.2 Å². The van der Waals surface area contributed by atoms with E-state index in [9.17, 15) is 22.4 Å². The number of aryl methyl sites for hydroxylation is 1. The third-order valence-electron chi connectivity index (χ3n) is 5.13. The molecule has 0 aromatic carbocycles. The second-order valence-corrected chi connectivity index (χ2v) is 6.97. The minimum atomic E-state index is -4.63. The van der Waals surface area contributed by atoms with Gasteiger partial charge in [-0.1, -0.05) is 0 Å². The van der Waals surface area contributed by atoms with Gasteiger partial charge in [-0.2, -0.15) is 13.2 Å². The van der Waals surface area contributed by atoms with Gasteiger partial charge in [0.25, 0.3) is 0 Å². The number of rotatable bonds is 5. The van der Waals surface area contributed by atoms with Crippen molar-refractivity contribution in [2.75, 3.05) is 6.54 Å². The molecule has 1 N–H and O–H groups in total. The van der Waals surface area contributed by atoms with E-state index in [1.165, 1.54) is 6.07 Å². The number of fused-ring (bicyclic) bond motifs is 1. The molecule has 2 aromatic rings. The van der Waals surface area contributed by atoms with Gasteiger partial charge in [0.2, 0.25) is 5.82 Å². The molecule has 9 heteroatoms. The Morgan fingerprint density at radius 1 is 1.19 bits per heavy atom. The van der Waals surface area contributed by atoms with E-state index in [0.717, 1.165) is 31.6 Å². The van der Waals surface area contributed by atoms with E-state index in [4.69, 9.17) is 0 Å². The molecule has 0 amide bonds. The molecule has 0 spiro atoms. The summed E-state index contributed by atoms with van der Waals surface area (Å²) in [6.45, 7) is 0.864. The van der Waals surface area contributed by atoms with Gasteiger partial charge in [-0.3, -0.25) is 9.78 Å². The molecular formula is C18H16F4N4O. The monoisotopic (exact) mass is 380 g/mol. The normalized spacial score (nSPS) is 23.9. The highest BCUT2D eigenvalue weighted by molar-refractivity contribution is 5.85.